The molecule has 35 heavy (non-hydrogen) atoms. The average Bonchev–Trinajstić information content (AvgIpc) is 3.25. The van der Waals surface area contributed by atoms with Gasteiger partial charge in [-0.15, -0.1) is 0 Å². The molecule has 0 aliphatic carbocycles. The molecule has 2 aliphatic rings. The minimum Gasteiger partial charge on any atom is -0.443 e. The number of ether oxygens (including phenoxy) is 2. The summed E-state index contributed by atoms with van der Waals surface area (Å²) >= 11 is 0. The number of amides is 1. The lowest BCUT2D eigenvalue weighted by Gasteiger charge is -2.29. The Morgan fingerprint density at radius 1 is 0.886 bits per heavy atom. The van der Waals surface area contributed by atoms with Crippen molar-refractivity contribution < 1.29 is 18.7 Å². The molecule has 3 aromatic rings. The lowest BCUT2D eigenvalue weighted by atomic mass is 10.1. The second kappa shape index (κ2) is 10.9. The maximum atomic E-state index is 14.9. The van der Waals surface area contributed by atoms with Crippen LogP contribution < -0.4 is 9.80 Å². The van der Waals surface area contributed by atoms with Crippen LogP contribution in [0.1, 0.15) is 11.1 Å². The number of carbonyl (C=O) groups excluding carboxylic acids is 1. The third-order valence-corrected chi connectivity index (χ3v) is 6.43. The zero-order valence-corrected chi connectivity index (χ0v) is 19.7. The number of benzene rings is 3. The van der Waals surface area contributed by atoms with Crippen molar-refractivity contribution in [3.8, 4) is 0 Å². The van der Waals surface area contributed by atoms with Crippen LogP contribution in [-0.4, -0.2) is 56.5 Å². The van der Waals surface area contributed by atoms with Crippen LogP contribution in [-0.2, 0) is 22.6 Å². The number of anilines is 2. The molecule has 2 heterocycles. The average molecular weight is 476 g/mol. The van der Waals surface area contributed by atoms with Gasteiger partial charge in [-0.2, -0.15) is 0 Å². The lowest BCUT2D eigenvalue weighted by Crippen LogP contribution is -2.37. The SMILES string of the molecule is O=C1OC(CN(Cc2ccccc2)Cc2ccccc2)CN1c1ccc(N2CCOCC2)c(F)c1. The zero-order valence-electron chi connectivity index (χ0n) is 19.7. The van der Waals surface area contributed by atoms with Crippen molar-refractivity contribution in [1.29, 1.82) is 0 Å². The normalized spacial score (nSPS) is 18.2. The predicted octanol–water partition coefficient (Wildman–Crippen LogP) is 4.69. The number of cyclic esters (lactones) is 1. The Morgan fingerprint density at radius 2 is 1.51 bits per heavy atom. The van der Waals surface area contributed by atoms with Crippen molar-refractivity contribution in [1.82, 2.24) is 4.90 Å². The summed E-state index contributed by atoms with van der Waals surface area (Å²) in [5, 5.41) is 0. The number of halogens is 1. The highest BCUT2D eigenvalue weighted by Gasteiger charge is 2.34. The molecule has 2 fully saturated rings. The van der Waals surface area contributed by atoms with Gasteiger partial charge in [0, 0.05) is 32.7 Å². The molecule has 0 saturated carbocycles. The van der Waals surface area contributed by atoms with Gasteiger partial charge in [0.1, 0.15) is 11.9 Å². The van der Waals surface area contributed by atoms with E-state index in [1.807, 2.05) is 41.3 Å². The molecule has 0 N–H and O–H groups in total. The number of hydrogen-bond donors (Lipinski definition) is 0. The van der Waals surface area contributed by atoms with Gasteiger partial charge >= 0.3 is 6.09 Å². The van der Waals surface area contributed by atoms with Gasteiger partial charge < -0.3 is 14.4 Å². The first-order valence-corrected chi connectivity index (χ1v) is 12.1. The zero-order chi connectivity index (χ0) is 24.0. The van der Waals surface area contributed by atoms with Gasteiger partial charge in [-0.1, -0.05) is 60.7 Å². The largest absolute Gasteiger partial charge is 0.443 e. The molecule has 3 aromatic carbocycles. The first-order chi connectivity index (χ1) is 17.2. The Bertz CT molecular complexity index is 1080. The quantitative estimate of drug-likeness (QED) is 0.473. The number of hydrogen-bond acceptors (Lipinski definition) is 5. The molecule has 1 amide bonds. The van der Waals surface area contributed by atoms with Crippen LogP contribution in [0.3, 0.4) is 0 Å². The highest BCUT2D eigenvalue weighted by Crippen LogP contribution is 2.29. The molecule has 7 heteroatoms. The van der Waals surface area contributed by atoms with Crippen LogP contribution in [0.4, 0.5) is 20.6 Å². The fourth-order valence-corrected chi connectivity index (χ4v) is 4.71. The fraction of sp³-hybridized carbons (Fsp3) is 0.321. The molecule has 5 rings (SSSR count). The molecule has 0 aromatic heterocycles. The Hall–Kier alpha value is -3.42. The molecular formula is C28H30FN3O3. The van der Waals surface area contributed by atoms with Crippen LogP contribution in [0.5, 0.6) is 0 Å². The maximum absolute atomic E-state index is 14.9. The second-order valence-electron chi connectivity index (χ2n) is 8.99. The van der Waals surface area contributed by atoms with E-state index in [0.717, 1.165) is 13.1 Å². The molecule has 0 spiro atoms. The van der Waals surface area contributed by atoms with Crippen LogP contribution >= 0.6 is 0 Å². The molecule has 2 saturated heterocycles. The Kier molecular flexibility index (Phi) is 7.25. The lowest BCUT2D eigenvalue weighted by molar-refractivity contribution is 0.103. The summed E-state index contributed by atoms with van der Waals surface area (Å²) in [6.45, 7) is 4.94. The summed E-state index contributed by atoms with van der Waals surface area (Å²) in [6.07, 6.45) is -0.746. The van der Waals surface area contributed by atoms with Gasteiger partial charge in [0.2, 0.25) is 0 Å². The summed E-state index contributed by atoms with van der Waals surface area (Å²) in [6, 6.07) is 25.5. The minimum atomic E-state index is -0.437. The van der Waals surface area contributed by atoms with Gasteiger partial charge in [-0.05, 0) is 29.3 Å². The Morgan fingerprint density at radius 3 is 2.11 bits per heavy atom. The van der Waals surface area contributed by atoms with Crippen molar-refractivity contribution >= 4 is 17.5 Å². The Balaban J connectivity index is 1.27. The molecule has 2 aliphatic heterocycles. The molecular weight excluding hydrogens is 445 g/mol. The van der Waals surface area contributed by atoms with Gasteiger partial charge in [-0.25, -0.2) is 9.18 Å². The van der Waals surface area contributed by atoms with E-state index < -0.39 is 6.09 Å². The van der Waals surface area contributed by atoms with E-state index in [2.05, 4.69) is 29.2 Å². The molecule has 182 valence electrons. The number of carbonyl (C=O) groups is 1. The summed E-state index contributed by atoms with van der Waals surface area (Å²) in [5.74, 6) is -0.338. The molecule has 6 nitrogen and oxygen atoms in total. The van der Waals surface area contributed by atoms with Crippen molar-refractivity contribution in [2.75, 3.05) is 49.2 Å². The smallest absolute Gasteiger partial charge is 0.414 e. The van der Waals surface area contributed by atoms with Crippen LogP contribution in [0.25, 0.3) is 0 Å². The van der Waals surface area contributed by atoms with Crippen molar-refractivity contribution in [3.05, 3.63) is 95.8 Å². The van der Waals surface area contributed by atoms with Crippen molar-refractivity contribution in [3.63, 3.8) is 0 Å². The summed E-state index contributed by atoms with van der Waals surface area (Å²) in [7, 11) is 0. The highest BCUT2D eigenvalue weighted by molar-refractivity contribution is 5.90. The van der Waals surface area contributed by atoms with E-state index in [9.17, 15) is 9.18 Å². The summed E-state index contributed by atoms with van der Waals surface area (Å²) < 4.78 is 26.0. The minimum absolute atomic E-state index is 0.308. The standard InChI is InChI=1S/C28H30FN3O3/c29-26-17-24(11-12-27(26)31-13-15-34-16-14-31)32-21-25(35-28(32)33)20-30(18-22-7-3-1-4-8-22)19-23-9-5-2-6-10-23/h1-12,17,25H,13-16,18-21H2. The monoisotopic (exact) mass is 475 g/mol. The van der Waals surface area contributed by atoms with Gasteiger partial charge in [0.25, 0.3) is 0 Å². The van der Waals surface area contributed by atoms with E-state index >= 15 is 0 Å². The third kappa shape index (κ3) is 5.81. The van der Waals surface area contributed by atoms with Gasteiger partial charge in [0.15, 0.2) is 0 Å². The Labute approximate surface area is 205 Å². The van der Waals surface area contributed by atoms with Gasteiger partial charge in [0.05, 0.1) is 31.1 Å². The molecule has 0 bridgehead atoms. The van der Waals surface area contributed by atoms with Crippen LogP contribution in [0.2, 0.25) is 0 Å². The van der Waals surface area contributed by atoms with Crippen LogP contribution in [0.15, 0.2) is 78.9 Å². The van der Waals surface area contributed by atoms with E-state index in [1.54, 1.807) is 12.1 Å². The van der Waals surface area contributed by atoms with E-state index in [1.165, 1.54) is 22.1 Å². The number of morpholine rings is 1. The van der Waals surface area contributed by atoms with E-state index in [-0.39, 0.29) is 11.9 Å². The summed E-state index contributed by atoms with van der Waals surface area (Å²) in [5.41, 5.74) is 3.46. The molecule has 0 radical (unpaired) electrons. The summed E-state index contributed by atoms with van der Waals surface area (Å²) in [4.78, 5) is 18.5. The number of rotatable bonds is 8. The van der Waals surface area contributed by atoms with E-state index in [0.29, 0.717) is 50.8 Å². The van der Waals surface area contributed by atoms with Crippen molar-refractivity contribution in [2.24, 2.45) is 0 Å². The maximum Gasteiger partial charge on any atom is 0.414 e. The molecule has 1 unspecified atom stereocenters. The van der Waals surface area contributed by atoms with E-state index in [4.69, 9.17) is 9.47 Å². The van der Waals surface area contributed by atoms with Crippen molar-refractivity contribution in [2.45, 2.75) is 19.2 Å². The molecule has 1 atom stereocenters. The van der Waals surface area contributed by atoms with Gasteiger partial charge in [-0.3, -0.25) is 9.80 Å². The van der Waals surface area contributed by atoms with Crippen LogP contribution in [0, 0.1) is 5.82 Å². The third-order valence-electron chi connectivity index (χ3n) is 6.43. The fourth-order valence-electron chi connectivity index (χ4n) is 4.71. The first kappa shape index (κ1) is 23.3. The number of nitrogens with zero attached hydrogens (tertiary/aromatic N) is 3. The topological polar surface area (TPSA) is 45.2 Å². The predicted molar refractivity (Wildman–Crippen MR) is 134 cm³/mol. The highest BCUT2D eigenvalue weighted by atomic mass is 19.1. The second-order valence-corrected chi connectivity index (χ2v) is 8.99. The first-order valence-electron chi connectivity index (χ1n) is 12.1.